The molecule has 10 nitrogen and oxygen atoms in total. The lowest BCUT2D eigenvalue weighted by molar-refractivity contribution is -0.125. The molecule has 1 fully saturated rings. The van der Waals surface area contributed by atoms with Crippen LogP contribution >= 0.6 is 0 Å². The first-order valence-electron chi connectivity index (χ1n) is 10.9. The number of hydrogen-bond acceptors (Lipinski definition) is 6. The van der Waals surface area contributed by atoms with Gasteiger partial charge in [0.2, 0.25) is 15.9 Å². The Kier molecular flexibility index (Phi) is 8.24. The molecule has 0 atom stereocenters. The smallest absolute Gasteiger partial charge is 0.258 e. The van der Waals surface area contributed by atoms with E-state index < -0.39 is 34.4 Å². The molecule has 1 saturated heterocycles. The normalized spacial score (nSPS) is 13.9. The van der Waals surface area contributed by atoms with Crippen molar-refractivity contribution in [1.82, 2.24) is 9.62 Å². The van der Waals surface area contributed by atoms with Crippen LogP contribution in [0, 0.1) is 0 Å². The zero-order chi connectivity index (χ0) is 24.7. The molecule has 11 heteroatoms. The summed E-state index contributed by atoms with van der Waals surface area (Å²) >= 11 is 0. The molecule has 182 valence electrons. The highest BCUT2D eigenvalue weighted by atomic mass is 32.2. The van der Waals surface area contributed by atoms with Crippen LogP contribution < -0.4 is 21.1 Å². The van der Waals surface area contributed by atoms with Crippen LogP contribution in [0.3, 0.4) is 0 Å². The van der Waals surface area contributed by atoms with Gasteiger partial charge in [0.25, 0.3) is 11.8 Å². The van der Waals surface area contributed by atoms with Crippen LogP contribution in [0.2, 0.25) is 0 Å². The molecule has 0 bridgehead atoms. The van der Waals surface area contributed by atoms with E-state index in [1.165, 1.54) is 16.4 Å². The van der Waals surface area contributed by atoms with Gasteiger partial charge in [0.15, 0.2) is 6.61 Å². The molecular formula is C23H28N4O6S. The van der Waals surface area contributed by atoms with Gasteiger partial charge in [-0.3, -0.25) is 14.4 Å². The van der Waals surface area contributed by atoms with Crippen LogP contribution in [-0.2, 0) is 26.0 Å². The van der Waals surface area contributed by atoms with Crippen molar-refractivity contribution in [1.29, 1.82) is 0 Å². The average Bonchev–Trinajstić information content (AvgIpc) is 3.37. The number of ether oxygens (including phenoxy) is 1. The van der Waals surface area contributed by atoms with Gasteiger partial charge in [0.05, 0.1) is 17.0 Å². The van der Waals surface area contributed by atoms with Crippen LogP contribution in [0.5, 0.6) is 5.75 Å². The summed E-state index contributed by atoms with van der Waals surface area (Å²) in [5.41, 5.74) is 6.90. The van der Waals surface area contributed by atoms with E-state index in [1.807, 2.05) is 19.1 Å². The summed E-state index contributed by atoms with van der Waals surface area (Å²) in [5.74, 6) is -1.90. The first kappa shape index (κ1) is 25.2. The van der Waals surface area contributed by atoms with Crippen LogP contribution in [0.15, 0.2) is 47.4 Å². The van der Waals surface area contributed by atoms with Gasteiger partial charge in [-0.05, 0) is 49.1 Å². The van der Waals surface area contributed by atoms with Crippen molar-refractivity contribution >= 4 is 33.4 Å². The number of anilines is 1. The predicted molar refractivity (Wildman–Crippen MR) is 126 cm³/mol. The number of hydrogen-bond donors (Lipinski definition) is 3. The molecule has 0 aromatic heterocycles. The molecule has 1 heterocycles. The Labute approximate surface area is 198 Å². The van der Waals surface area contributed by atoms with Crippen molar-refractivity contribution in [2.75, 3.05) is 31.6 Å². The van der Waals surface area contributed by atoms with Crippen molar-refractivity contribution < 1.29 is 27.5 Å². The number of amides is 3. The van der Waals surface area contributed by atoms with E-state index in [0.717, 1.165) is 30.9 Å². The minimum absolute atomic E-state index is 0.0238. The number of carbonyl (C=O) groups excluding carboxylic acids is 3. The standard InChI is InChI=1S/C23H28N4O6S/c1-2-16-7-3-4-8-19(16)26-21(28)14-25-22(29)15-33-20-10-9-17(13-18(20)23(24)30)34(31,32)27-11-5-6-12-27/h3-4,7-10,13H,2,5-6,11-12,14-15H2,1H3,(H2,24,30)(H,25,29)(H,26,28). The highest BCUT2D eigenvalue weighted by molar-refractivity contribution is 7.89. The highest BCUT2D eigenvalue weighted by Crippen LogP contribution is 2.26. The Bertz CT molecular complexity index is 1180. The lowest BCUT2D eigenvalue weighted by atomic mass is 10.1. The highest BCUT2D eigenvalue weighted by Gasteiger charge is 2.28. The molecule has 0 saturated carbocycles. The van der Waals surface area contributed by atoms with Gasteiger partial charge in [-0.1, -0.05) is 25.1 Å². The van der Waals surface area contributed by atoms with E-state index in [1.54, 1.807) is 12.1 Å². The van der Waals surface area contributed by atoms with Crippen LogP contribution in [0.25, 0.3) is 0 Å². The van der Waals surface area contributed by atoms with Gasteiger partial charge >= 0.3 is 0 Å². The number of nitrogens with one attached hydrogen (secondary N) is 2. The van der Waals surface area contributed by atoms with Crippen LogP contribution in [-0.4, -0.2) is 56.7 Å². The fourth-order valence-electron chi connectivity index (χ4n) is 3.58. The van der Waals surface area contributed by atoms with E-state index >= 15 is 0 Å². The Morgan fingerprint density at radius 3 is 2.44 bits per heavy atom. The number of benzene rings is 2. The summed E-state index contributed by atoms with van der Waals surface area (Å²) in [5, 5.41) is 5.18. The minimum Gasteiger partial charge on any atom is -0.483 e. The topological polar surface area (TPSA) is 148 Å². The number of para-hydroxylation sites is 1. The molecule has 1 aliphatic rings. The van der Waals surface area contributed by atoms with Gasteiger partial charge in [0, 0.05) is 18.8 Å². The number of aryl methyl sites for hydroxylation is 1. The molecular weight excluding hydrogens is 460 g/mol. The zero-order valence-corrected chi connectivity index (χ0v) is 19.7. The largest absolute Gasteiger partial charge is 0.483 e. The second-order valence-electron chi connectivity index (χ2n) is 7.76. The maximum atomic E-state index is 12.7. The molecule has 0 radical (unpaired) electrons. The molecule has 1 aliphatic heterocycles. The Morgan fingerprint density at radius 1 is 1.06 bits per heavy atom. The maximum absolute atomic E-state index is 12.7. The maximum Gasteiger partial charge on any atom is 0.258 e. The molecule has 0 unspecified atom stereocenters. The minimum atomic E-state index is -3.75. The second-order valence-corrected chi connectivity index (χ2v) is 9.70. The molecule has 2 aromatic carbocycles. The number of sulfonamides is 1. The van der Waals surface area contributed by atoms with E-state index in [9.17, 15) is 22.8 Å². The third-order valence-electron chi connectivity index (χ3n) is 5.40. The van der Waals surface area contributed by atoms with E-state index in [2.05, 4.69) is 10.6 Å². The van der Waals surface area contributed by atoms with Crippen LogP contribution in [0.1, 0.15) is 35.7 Å². The molecule has 4 N–H and O–H groups in total. The van der Waals surface area contributed by atoms with Crippen molar-refractivity contribution in [3.63, 3.8) is 0 Å². The lowest BCUT2D eigenvalue weighted by Gasteiger charge is -2.17. The molecule has 0 spiro atoms. The van der Waals surface area contributed by atoms with Gasteiger partial charge in [-0.25, -0.2) is 8.42 Å². The van der Waals surface area contributed by atoms with Gasteiger partial charge in [0.1, 0.15) is 5.75 Å². The van der Waals surface area contributed by atoms with Gasteiger partial charge < -0.3 is 21.1 Å². The third kappa shape index (κ3) is 6.12. The molecule has 2 aromatic rings. The SMILES string of the molecule is CCc1ccccc1NC(=O)CNC(=O)COc1ccc(S(=O)(=O)N2CCCC2)cc1C(N)=O. The number of nitrogens with two attached hydrogens (primary N) is 1. The average molecular weight is 489 g/mol. The van der Waals surface area contributed by atoms with Crippen molar-refractivity contribution in [2.45, 2.75) is 31.1 Å². The summed E-state index contributed by atoms with van der Waals surface area (Å²) in [6.45, 7) is 2.06. The summed E-state index contributed by atoms with van der Waals surface area (Å²) in [4.78, 5) is 36.1. The molecule has 3 amide bonds. The Balaban J connectivity index is 1.58. The first-order chi connectivity index (χ1) is 16.2. The first-order valence-corrected chi connectivity index (χ1v) is 12.4. The van der Waals surface area contributed by atoms with E-state index in [-0.39, 0.29) is 22.8 Å². The van der Waals surface area contributed by atoms with Crippen molar-refractivity contribution in [3.8, 4) is 5.75 Å². The van der Waals surface area contributed by atoms with Gasteiger partial charge in [-0.15, -0.1) is 0 Å². The summed E-state index contributed by atoms with van der Waals surface area (Å²) < 4.78 is 32.2. The predicted octanol–water partition coefficient (Wildman–Crippen LogP) is 1.27. The summed E-state index contributed by atoms with van der Waals surface area (Å²) in [6.07, 6.45) is 2.31. The van der Waals surface area contributed by atoms with Gasteiger partial charge in [-0.2, -0.15) is 4.31 Å². The summed E-state index contributed by atoms with van der Waals surface area (Å²) in [7, 11) is -3.75. The summed E-state index contributed by atoms with van der Waals surface area (Å²) in [6, 6.07) is 11.1. The van der Waals surface area contributed by atoms with Crippen LogP contribution in [0.4, 0.5) is 5.69 Å². The lowest BCUT2D eigenvalue weighted by Crippen LogP contribution is -2.36. The fraction of sp³-hybridized carbons (Fsp3) is 0.348. The monoisotopic (exact) mass is 488 g/mol. The third-order valence-corrected chi connectivity index (χ3v) is 7.29. The van der Waals surface area contributed by atoms with E-state index in [0.29, 0.717) is 18.8 Å². The fourth-order valence-corrected chi connectivity index (χ4v) is 5.13. The zero-order valence-electron chi connectivity index (χ0n) is 18.9. The van der Waals surface area contributed by atoms with Crippen molar-refractivity contribution in [2.24, 2.45) is 5.73 Å². The second kappa shape index (κ2) is 11.1. The molecule has 3 rings (SSSR count). The Hall–Kier alpha value is -3.44. The van der Waals surface area contributed by atoms with E-state index in [4.69, 9.17) is 10.5 Å². The number of rotatable bonds is 10. The number of carbonyl (C=O) groups is 3. The molecule has 0 aliphatic carbocycles. The molecule has 34 heavy (non-hydrogen) atoms. The quantitative estimate of drug-likeness (QED) is 0.459. The Morgan fingerprint density at radius 2 is 1.76 bits per heavy atom. The van der Waals surface area contributed by atoms with Crippen molar-refractivity contribution in [3.05, 3.63) is 53.6 Å². The number of primary amides is 1. The number of nitrogens with zero attached hydrogens (tertiary/aromatic N) is 1.